The maximum Gasteiger partial charge on any atom is 0.216 e. The van der Waals surface area contributed by atoms with Gasteiger partial charge in [0.1, 0.15) is 16.6 Å². The fraction of sp³-hybridized carbons (Fsp3) is 0.391. The molecule has 1 aliphatic heterocycles. The Morgan fingerprint density at radius 3 is 2.53 bits per heavy atom. The lowest BCUT2D eigenvalue weighted by molar-refractivity contribution is 0.574. The van der Waals surface area contributed by atoms with E-state index in [0.717, 1.165) is 57.5 Å². The summed E-state index contributed by atoms with van der Waals surface area (Å²) in [6, 6.07) is 10.5. The van der Waals surface area contributed by atoms with Crippen LogP contribution in [0, 0.1) is 18.3 Å². The average molecular weight is 464 g/mol. The van der Waals surface area contributed by atoms with Gasteiger partial charge in [-0.2, -0.15) is 9.78 Å². The van der Waals surface area contributed by atoms with Crippen molar-refractivity contribution < 1.29 is 0 Å². The van der Waals surface area contributed by atoms with Crippen LogP contribution in [-0.2, 0) is 6.42 Å². The van der Waals surface area contributed by atoms with Crippen molar-refractivity contribution >= 4 is 43.7 Å². The minimum atomic E-state index is 0.613. The quantitative estimate of drug-likeness (QED) is 0.394. The van der Waals surface area contributed by atoms with E-state index >= 15 is 0 Å². The molecule has 0 amide bonds. The number of imidazole rings is 1. The van der Waals surface area contributed by atoms with Crippen molar-refractivity contribution in [1.82, 2.24) is 19.6 Å². The second kappa shape index (κ2) is 8.52. The lowest BCUT2D eigenvalue weighted by Crippen LogP contribution is -2.29. The van der Waals surface area contributed by atoms with E-state index < -0.39 is 0 Å². The molecule has 1 fully saturated rings. The molecule has 4 aromatic rings. The Labute approximate surface area is 195 Å². The highest BCUT2D eigenvalue weighted by Crippen LogP contribution is 2.38. The Balaban J connectivity index is 1.55. The third-order valence-electron chi connectivity index (χ3n) is 5.85. The van der Waals surface area contributed by atoms with Gasteiger partial charge in [-0.25, -0.2) is 9.97 Å². The first-order valence-corrected chi connectivity index (χ1v) is 12.6. The number of aryl methyl sites for hydroxylation is 2. The Morgan fingerprint density at radius 1 is 1.09 bits per heavy atom. The fourth-order valence-corrected chi connectivity index (χ4v) is 5.90. The van der Waals surface area contributed by atoms with Gasteiger partial charge in [0.15, 0.2) is 10.9 Å². The first-order chi connectivity index (χ1) is 15.6. The molecule has 0 N–H and O–H groups in total. The number of benzene rings is 1. The zero-order valence-electron chi connectivity index (χ0n) is 18.5. The van der Waals surface area contributed by atoms with Crippen molar-refractivity contribution in [1.29, 1.82) is 5.26 Å². The molecule has 32 heavy (non-hydrogen) atoms. The van der Waals surface area contributed by atoms with Crippen molar-refractivity contribution in [2.45, 2.75) is 39.5 Å². The van der Waals surface area contributed by atoms with E-state index in [2.05, 4.69) is 24.8 Å². The van der Waals surface area contributed by atoms with Crippen molar-refractivity contribution in [3.05, 3.63) is 40.4 Å². The molecule has 0 radical (unpaired) electrons. The van der Waals surface area contributed by atoms with E-state index in [-0.39, 0.29) is 0 Å². The molecule has 9 heteroatoms. The largest absolute Gasteiger partial charge is 0.347 e. The van der Waals surface area contributed by atoms with Crippen LogP contribution < -0.4 is 9.80 Å². The normalized spacial score (nSPS) is 14.1. The summed E-state index contributed by atoms with van der Waals surface area (Å²) < 4.78 is 1.95. The lowest BCUT2D eigenvalue weighted by Gasteiger charge is -2.25. The van der Waals surface area contributed by atoms with Crippen LogP contribution in [0.1, 0.15) is 42.3 Å². The van der Waals surface area contributed by atoms with E-state index in [0.29, 0.717) is 4.88 Å². The smallest absolute Gasteiger partial charge is 0.216 e. The molecule has 1 aromatic carbocycles. The SMILES string of the molecule is CCc1nc2sc(N3CCCCC3)nn2c1N(C)c1nc(-c2ccc(C)cc2)c(C#N)s1. The molecule has 0 unspecified atom stereocenters. The Bertz CT molecular complexity index is 1290. The van der Waals surface area contributed by atoms with Gasteiger partial charge in [0, 0.05) is 25.7 Å². The number of hydrogen-bond donors (Lipinski definition) is 0. The number of thiazole rings is 1. The zero-order chi connectivity index (χ0) is 22.2. The fourth-order valence-electron chi connectivity index (χ4n) is 4.08. The average Bonchev–Trinajstić information content (AvgIpc) is 3.52. The number of rotatable bonds is 5. The van der Waals surface area contributed by atoms with Crippen molar-refractivity contribution in [2.24, 2.45) is 0 Å². The zero-order valence-corrected chi connectivity index (χ0v) is 20.1. The number of fused-ring (bicyclic) bond motifs is 1. The molecule has 1 saturated heterocycles. The number of piperidine rings is 1. The molecule has 0 saturated carbocycles. The number of hydrogen-bond acceptors (Lipinski definition) is 8. The van der Waals surface area contributed by atoms with Crippen LogP contribution in [0.2, 0.25) is 0 Å². The summed E-state index contributed by atoms with van der Waals surface area (Å²) in [6.07, 6.45) is 4.52. The molecule has 3 aromatic heterocycles. The van der Waals surface area contributed by atoms with Crippen LogP contribution in [0.4, 0.5) is 16.1 Å². The molecule has 164 valence electrons. The van der Waals surface area contributed by atoms with E-state index in [1.807, 2.05) is 40.7 Å². The number of nitrogens with zero attached hydrogens (tertiary/aromatic N) is 7. The number of aromatic nitrogens is 4. The third-order valence-corrected chi connectivity index (χ3v) is 7.85. The maximum absolute atomic E-state index is 9.75. The standard InChI is InChI=1S/C23H25N7S2/c1-4-17-20(30-22(25-17)32-23(27-30)29-12-6-5-7-13-29)28(3)21-26-19(18(14-24)31-21)16-10-8-15(2)9-11-16/h8-11H,4-7,12-13H2,1-3H3. The third kappa shape index (κ3) is 3.63. The van der Waals surface area contributed by atoms with Gasteiger partial charge in [0.2, 0.25) is 10.1 Å². The van der Waals surface area contributed by atoms with E-state index in [1.165, 1.54) is 36.2 Å². The number of anilines is 3. The Hall–Kier alpha value is -2.96. The first kappa shape index (κ1) is 20.9. The van der Waals surface area contributed by atoms with Crippen LogP contribution in [0.3, 0.4) is 0 Å². The molecule has 0 bridgehead atoms. The highest BCUT2D eigenvalue weighted by atomic mass is 32.1. The molecule has 0 aliphatic carbocycles. The molecule has 5 rings (SSSR count). The van der Waals surface area contributed by atoms with E-state index in [1.54, 1.807) is 11.3 Å². The molecule has 1 aliphatic rings. The van der Waals surface area contributed by atoms with E-state index in [9.17, 15) is 5.26 Å². The monoisotopic (exact) mass is 463 g/mol. The van der Waals surface area contributed by atoms with Crippen LogP contribution in [0.5, 0.6) is 0 Å². The second-order valence-electron chi connectivity index (χ2n) is 8.07. The van der Waals surface area contributed by atoms with Gasteiger partial charge in [0.25, 0.3) is 0 Å². The predicted molar refractivity (Wildman–Crippen MR) is 131 cm³/mol. The summed E-state index contributed by atoms with van der Waals surface area (Å²) in [7, 11) is 1.99. The second-order valence-corrected chi connectivity index (χ2v) is 9.99. The minimum absolute atomic E-state index is 0.613. The summed E-state index contributed by atoms with van der Waals surface area (Å²) >= 11 is 3.05. The molecular formula is C23H25N7S2. The summed E-state index contributed by atoms with van der Waals surface area (Å²) in [6.45, 7) is 6.27. The van der Waals surface area contributed by atoms with Crippen molar-refractivity contribution in [2.75, 3.05) is 29.9 Å². The minimum Gasteiger partial charge on any atom is -0.347 e. The van der Waals surface area contributed by atoms with Crippen LogP contribution in [0.25, 0.3) is 16.2 Å². The van der Waals surface area contributed by atoms with Gasteiger partial charge in [-0.3, -0.25) is 0 Å². The maximum atomic E-state index is 9.75. The van der Waals surface area contributed by atoms with Gasteiger partial charge in [-0.15, -0.1) is 5.10 Å². The van der Waals surface area contributed by atoms with Gasteiger partial charge in [-0.05, 0) is 32.6 Å². The summed E-state index contributed by atoms with van der Waals surface area (Å²) in [5.41, 5.74) is 3.85. The highest BCUT2D eigenvalue weighted by Gasteiger charge is 2.25. The Morgan fingerprint density at radius 2 is 1.84 bits per heavy atom. The molecule has 0 atom stereocenters. The molecule has 0 spiro atoms. The van der Waals surface area contributed by atoms with Gasteiger partial charge < -0.3 is 9.80 Å². The lowest BCUT2D eigenvalue weighted by atomic mass is 10.1. The molecule has 7 nitrogen and oxygen atoms in total. The first-order valence-electron chi connectivity index (χ1n) is 10.9. The predicted octanol–water partition coefficient (Wildman–Crippen LogP) is 5.42. The van der Waals surface area contributed by atoms with Crippen LogP contribution >= 0.6 is 22.7 Å². The van der Waals surface area contributed by atoms with Gasteiger partial charge in [-0.1, -0.05) is 59.4 Å². The van der Waals surface area contributed by atoms with Crippen LogP contribution in [0.15, 0.2) is 24.3 Å². The van der Waals surface area contributed by atoms with Crippen molar-refractivity contribution in [3.63, 3.8) is 0 Å². The molecular weight excluding hydrogens is 438 g/mol. The van der Waals surface area contributed by atoms with Crippen LogP contribution in [-0.4, -0.2) is 39.7 Å². The molecule has 4 heterocycles. The summed E-state index contributed by atoms with van der Waals surface area (Å²) in [5.74, 6) is 0.927. The van der Waals surface area contributed by atoms with Crippen molar-refractivity contribution in [3.8, 4) is 17.3 Å². The summed E-state index contributed by atoms with van der Waals surface area (Å²) in [5, 5.41) is 16.5. The Kier molecular flexibility index (Phi) is 5.57. The highest BCUT2D eigenvalue weighted by molar-refractivity contribution is 7.20. The van der Waals surface area contributed by atoms with E-state index in [4.69, 9.17) is 15.1 Å². The van der Waals surface area contributed by atoms with Gasteiger partial charge >= 0.3 is 0 Å². The summed E-state index contributed by atoms with van der Waals surface area (Å²) in [4.78, 5) is 15.6. The van der Waals surface area contributed by atoms with Gasteiger partial charge in [0.05, 0.1) is 5.69 Å². The topological polar surface area (TPSA) is 73.4 Å². The number of nitriles is 1.